The van der Waals surface area contributed by atoms with E-state index in [1.807, 2.05) is 54.6 Å². The van der Waals surface area contributed by atoms with E-state index in [1.165, 1.54) is 0 Å². The van der Waals surface area contributed by atoms with Gasteiger partial charge in [0.15, 0.2) is 0 Å². The van der Waals surface area contributed by atoms with Crippen LogP contribution in [-0.2, 0) is 26.3 Å². The number of anilines is 1. The van der Waals surface area contributed by atoms with Gasteiger partial charge < -0.3 is 4.74 Å². The van der Waals surface area contributed by atoms with Gasteiger partial charge in [0.05, 0.1) is 0 Å². The van der Waals surface area contributed by atoms with Crippen LogP contribution < -0.4 is 4.90 Å². The van der Waals surface area contributed by atoms with Crippen molar-refractivity contribution < 1.29 is 14.3 Å². The average Bonchev–Trinajstić information content (AvgIpc) is 3.00. The smallest absolute Gasteiger partial charge is 0.331 e. The summed E-state index contributed by atoms with van der Waals surface area (Å²) in [4.78, 5) is 27.7. The predicted molar refractivity (Wildman–Crippen MR) is 90.4 cm³/mol. The largest absolute Gasteiger partial charge is 0.442 e. The number of morpholine rings is 1. The van der Waals surface area contributed by atoms with Crippen molar-refractivity contribution in [2.45, 2.75) is 24.5 Å². The first-order valence-electron chi connectivity index (χ1n) is 7.98. The number of benzene rings is 2. The van der Waals surface area contributed by atoms with Gasteiger partial charge in [0.25, 0.3) is 5.91 Å². The van der Waals surface area contributed by atoms with E-state index in [4.69, 9.17) is 4.74 Å². The number of cyclic esters (lactones) is 1. The summed E-state index contributed by atoms with van der Waals surface area (Å²) in [5, 5.41) is 0. The van der Waals surface area contributed by atoms with E-state index in [2.05, 4.69) is 6.58 Å². The molecule has 2 aromatic rings. The Hall–Kier alpha value is -2.88. The quantitative estimate of drug-likeness (QED) is 0.645. The van der Waals surface area contributed by atoms with Crippen molar-refractivity contribution in [3.05, 3.63) is 78.4 Å². The van der Waals surface area contributed by atoms with Gasteiger partial charge in [0.2, 0.25) is 5.60 Å². The number of carbonyl (C=O) groups is 2. The van der Waals surface area contributed by atoms with E-state index in [1.54, 1.807) is 11.0 Å². The predicted octanol–water partition coefficient (Wildman–Crippen LogP) is 2.97. The maximum absolute atomic E-state index is 13.4. The number of nitrogens with zero attached hydrogens (tertiary/aromatic N) is 1. The van der Waals surface area contributed by atoms with E-state index in [-0.39, 0.29) is 18.3 Å². The molecule has 120 valence electrons. The van der Waals surface area contributed by atoms with Crippen LogP contribution in [0.15, 0.2) is 67.3 Å². The number of fused-ring (bicyclic) bond motifs is 3. The lowest BCUT2D eigenvalue weighted by atomic mass is 9.86. The fraction of sp³-hybridized carbons (Fsp3) is 0.200. The van der Waals surface area contributed by atoms with Gasteiger partial charge in [-0.1, -0.05) is 54.6 Å². The minimum atomic E-state index is -1.34. The Bertz CT molecular complexity index is 830. The minimum absolute atomic E-state index is 0.205. The summed E-state index contributed by atoms with van der Waals surface area (Å²) in [6.45, 7) is 3.75. The maximum Gasteiger partial charge on any atom is 0.331 e. The topological polar surface area (TPSA) is 46.6 Å². The summed E-state index contributed by atoms with van der Waals surface area (Å²) in [5.74, 6) is -0.570. The summed E-state index contributed by atoms with van der Waals surface area (Å²) in [6.07, 6.45) is 2.37. The molecule has 2 aliphatic heterocycles. The highest BCUT2D eigenvalue weighted by molar-refractivity contribution is 6.10. The molecule has 1 fully saturated rings. The van der Waals surface area contributed by atoms with Crippen molar-refractivity contribution in [2.24, 2.45) is 0 Å². The fourth-order valence-electron chi connectivity index (χ4n) is 3.64. The molecule has 1 saturated heterocycles. The summed E-state index contributed by atoms with van der Waals surface area (Å²) < 4.78 is 5.76. The molecule has 24 heavy (non-hydrogen) atoms. The molecule has 4 nitrogen and oxygen atoms in total. The van der Waals surface area contributed by atoms with Crippen molar-refractivity contribution in [1.82, 2.24) is 0 Å². The molecule has 2 atom stereocenters. The molecule has 2 heterocycles. The normalized spacial score (nSPS) is 25.0. The van der Waals surface area contributed by atoms with Crippen molar-refractivity contribution in [3.8, 4) is 0 Å². The second-order valence-electron chi connectivity index (χ2n) is 6.13. The molecule has 0 aromatic heterocycles. The van der Waals surface area contributed by atoms with Crippen LogP contribution >= 0.6 is 0 Å². The first kappa shape index (κ1) is 14.7. The van der Waals surface area contributed by atoms with Crippen LogP contribution in [0, 0.1) is 0 Å². The van der Waals surface area contributed by atoms with Gasteiger partial charge in [-0.3, -0.25) is 9.69 Å². The van der Waals surface area contributed by atoms with E-state index >= 15 is 0 Å². The molecule has 0 spiro atoms. The third kappa shape index (κ3) is 1.92. The highest BCUT2D eigenvalue weighted by atomic mass is 16.6. The summed E-state index contributed by atoms with van der Waals surface area (Å²) in [7, 11) is 0. The van der Waals surface area contributed by atoms with E-state index in [0.29, 0.717) is 12.0 Å². The van der Waals surface area contributed by atoms with Gasteiger partial charge in [0.1, 0.15) is 6.04 Å². The lowest BCUT2D eigenvalue weighted by Gasteiger charge is -2.42. The zero-order valence-corrected chi connectivity index (χ0v) is 13.1. The van der Waals surface area contributed by atoms with Gasteiger partial charge in [-0.15, -0.1) is 6.58 Å². The van der Waals surface area contributed by atoms with Crippen LogP contribution in [0.25, 0.3) is 0 Å². The second-order valence-corrected chi connectivity index (χ2v) is 6.13. The number of hydrogen-bond donors (Lipinski definition) is 0. The molecule has 0 N–H and O–H groups in total. The number of rotatable bonds is 3. The Kier molecular flexibility index (Phi) is 3.27. The number of amides is 1. The van der Waals surface area contributed by atoms with E-state index in [0.717, 1.165) is 11.3 Å². The first-order chi connectivity index (χ1) is 11.7. The third-order valence-electron chi connectivity index (χ3n) is 4.76. The zero-order chi connectivity index (χ0) is 16.7. The van der Waals surface area contributed by atoms with Crippen molar-refractivity contribution in [3.63, 3.8) is 0 Å². The summed E-state index contributed by atoms with van der Waals surface area (Å²) >= 11 is 0. The average molecular weight is 319 g/mol. The lowest BCUT2D eigenvalue weighted by molar-refractivity contribution is -0.177. The van der Waals surface area contributed by atoms with Crippen LogP contribution in [0.3, 0.4) is 0 Å². The first-order valence-corrected chi connectivity index (χ1v) is 7.98. The number of para-hydroxylation sites is 1. The molecule has 0 unspecified atom stereocenters. The Morgan fingerprint density at radius 3 is 2.58 bits per heavy atom. The molecule has 0 radical (unpaired) electrons. The van der Waals surface area contributed by atoms with Gasteiger partial charge in [0, 0.05) is 24.1 Å². The Labute approximate surface area is 140 Å². The monoisotopic (exact) mass is 319 g/mol. The van der Waals surface area contributed by atoms with Crippen molar-refractivity contribution in [2.75, 3.05) is 4.90 Å². The molecule has 0 bridgehead atoms. The van der Waals surface area contributed by atoms with E-state index in [9.17, 15) is 9.59 Å². The Balaban J connectivity index is 1.87. The molecule has 2 aromatic carbocycles. The van der Waals surface area contributed by atoms with Crippen molar-refractivity contribution in [1.29, 1.82) is 0 Å². The molecule has 2 aliphatic rings. The van der Waals surface area contributed by atoms with Gasteiger partial charge in [-0.2, -0.15) is 0 Å². The summed E-state index contributed by atoms with van der Waals surface area (Å²) in [5.41, 5.74) is 1.13. The number of carbonyl (C=O) groups excluding carboxylic acids is 2. The third-order valence-corrected chi connectivity index (χ3v) is 4.76. The molecule has 4 heteroatoms. The van der Waals surface area contributed by atoms with Gasteiger partial charge in [-0.25, -0.2) is 4.79 Å². The van der Waals surface area contributed by atoms with Crippen molar-refractivity contribution >= 4 is 17.6 Å². The Morgan fingerprint density at radius 2 is 1.83 bits per heavy atom. The minimum Gasteiger partial charge on any atom is -0.442 e. The molecular formula is C20H17NO3. The van der Waals surface area contributed by atoms with Crippen LogP contribution in [0.5, 0.6) is 0 Å². The number of esters is 1. The highest BCUT2D eigenvalue weighted by Crippen LogP contribution is 2.43. The number of hydrogen-bond acceptors (Lipinski definition) is 3. The summed E-state index contributed by atoms with van der Waals surface area (Å²) in [6, 6.07) is 16.2. The zero-order valence-electron chi connectivity index (χ0n) is 13.1. The van der Waals surface area contributed by atoms with Gasteiger partial charge >= 0.3 is 5.97 Å². The number of ether oxygens (including phenoxy) is 1. The van der Waals surface area contributed by atoms with Crippen LogP contribution in [0.1, 0.15) is 17.5 Å². The maximum atomic E-state index is 13.4. The van der Waals surface area contributed by atoms with Crippen LogP contribution in [0.4, 0.5) is 5.69 Å². The van der Waals surface area contributed by atoms with Gasteiger partial charge in [-0.05, 0) is 11.6 Å². The molecular weight excluding hydrogens is 302 g/mol. The van der Waals surface area contributed by atoms with Crippen LogP contribution in [0.2, 0.25) is 0 Å². The second kappa shape index (κ2) is 5.34. The lowest BCUT2D eigenvalue weighted by Crippen LogP contribution is -2.60. The Morgan fingerprint density at radius 1 is 1.12 bits per heavy atom. The highest BCUT2D eigenvalue weighted by Gasteiger charge is 2.56. The molecule has 0 aliphatic carbocycles. The molecule has 0 saturated carbocycles. The fourth-order valence-corrected chi connectivity index (χ4v) is 3.64. The SMILES string of the molecule is C=CC[C@@]1(c2ccccc2)OC(=O)[C@@H]2Cc3ccccc3N2C1=O. The molecule has 1 amide bonds. The standard InChI is InChI=1S/C20H17NO3/c1-2-12-20(15-9-4-3-5-10-15)19(23)21-16-11-7-6-8-14(16)13-17(21)18(22)24-20/h2-11,17H,1,12-13H2/t17-,20-/m0/s1. The molecule has 4 rings (SSSR count). The van der Waals surface area contributed by atoms with Crippen LogP contribution in [-0.4, -0.2) is 17.9 Å². The van der Waals surface area contributed by atoms with E-state index < -0.39 is 11.6 Å².